The first kappa shape index (κ1) is 21.9. The summed E-state index contributed by atoms with van der Waals surface area (Å²) in [6.45, 7) is 3.33. The van der Waals surface area contributed by atoms with Crippen LogP contribution in [0.15, 0.2) is 43.0 Å². The maximum Gasteiger partial charge on any atom is 0.260 e. The Labute approximate surface area is 187 Å². The lowest BCUT2D eigenvalue weighted by molar-refractivity contribution is -0.132. The number of aryl methyl sites for hydroxylation is 1. The third-order valence-corrected chi connectivity index (χ3v) is 5.92. The Bertz CT molecular complexity index is 922. The Hall–Kier alpha value is -3.36. The van der Waals surface area contributed by atoms with Crippen molar-refractivity contribution in [3.05, 3.63) is 43.0 Å². The predicted molar refractivity (Wildman–Crippen MR) is 118 cm³/mol. The monoisotopic (exact) mass is 439 g/mol. The zero-order valence-electron chi connectivity index (χ0n) is 18.1. The molecule has 0 radical (unpaired) electrons. The third kappa shape index (κ3) is 5.46. The molecule has 1 N–H and O–H groups in total. The van der Waals surface area contributed by atoms with E-state index in [1.165, 1.54) is 0 Å². The van der Waals surface area contributed by atoms with E-state index in [1.807, 2.05) is 15.7 Å². The number of amides is 3. The molecule has 0 unspecified atom stereocenters. The van der Waals surface area contributed by atoms with Gasteiger partial charge in [-0.2, -0.15) is 0 Å². The first-order chi connectivity index (χ1) is 15.6. The number of hydrogen-bond donors (Lipinski definition) is 1. The molecule has 1 aromatic heterocycles. The summed E-state index contributed by atoms with van der Waals surface area (Å²) >= 11 is 0. The van der Waals surface area contributed by atoms with E-state index in [0.29, 0.717) is 18.8 Å². The molecule has 0 saturated carbocycles. The van der Waals surface area contributed by atoms with E-state index in [4.69, 9.17) is 4.74 Å². The molecule has 0 bridgehead atoms. The fourth-order valence-electron chi connectivity index (χ4n) is 4.09. The van der Waals surface area contributed by atoms with Crippen LogP contribution >= 0.6 is 0 Å². The molecule has 3 amide bonds. The van der Waals surface area contributed by atoms with Gasteiger partial charge in [-0.25, -0.2) is 4.98 Å². The van der Waals surface area contributed by atoms with Crippen molar-refractivity contribution in [2.24, 2.45) is 5.92 Å². The van der Waals surface area contributed by atoms with Crippen LogP contribution in [-0.4, -0.2) is 65.0 Å². The van der Waals surface area contributed by atoms with Crippen LogP contribution in [0.1, 0.15) is 25.7 Å². The predicted octanol–water partition coefficient (Wildman–Crippen LogP) is 1.44. The van der Waals surface area contributed by atoms with Crippen LogP contribution in [0, 0.1) is 5.92 Å². The molecule has 2 aromatic rings. The number of aromatic nitrogens is 2. The van der Waals surface area contributed by atoms with Gasteiger partial charge in [0.2, 0.25) is 11.8 Å². The van der Waals surface area contributed by atoms with Crippen molar-refractivity contribution < 1.29 is 19.1 Å². The second-order valence-corrected chi connectivity index (χ2v) is 8.22. The van der Waals surface area contributed by atoms with Crippen LogP contribution in [0.2, 0.25) is 0 Å². The summed E-state index contributed by atoms with van der Waals surface area (Å²) in [6.07, 6.45) is 8.46. The van der Waals surface area contributed by atoms with E-state index in [9.17, 15) is 14.4 Å². The van der Waals surface area contributed by atoms with E-state index in [-0.39, 0.29) is 36.7 Å². The number of nitrogens with one attached hydrogen (secondary N) is 1. The Balaban J connectivity index is 1.22. The summed E-state index contributed by atoms with van der Waals surface area (Å²) in [4.78, 5) is 44.5. The number of likely N-dealkylation sites (tertiary alicyclic amines) is 1. The fourth-order valence-corrected chi connectivity index (χ4v) is 4.09. The average Bonchev–Trinajstić information content (AvgIpc) is 3.57. The molecule has 2 aliphatic heterocycles. The van der Waals surface area contributed by atoms with Crippen LogP contribution in [0.3, 0.4) is 0 Å². The maximum absolute atomic E-state index is 12.5. The molecule has 9 heteroatoms. The quantitative estimate of drug-likeness (QED) is 0.597. The number of benzene rings is 1. The lowest BCUT2D eigenvalue weighted by Gasteiger charge is -2.18. The first-order valence-corrected chi connectivity index (χ1v) is 11.1. The molecule has 170 valence electrons. The maximum atomic E-state index is 12.5. The molecule has 2 saturated heterocycles. The number of hydrogen-bond acceptors (Lipinski definition) is 5. The molecule has 0 aliphatic carbocycles. The number of nitrogens with zero attached hydrogens (tertiary/aromatic N) is 4. The van der Waals surface area contributed by atoms with Gasteiger partial charge in [-0.1, -0.05) is 0 Å². The molecule has 9 nitrogen and oxygen atoms in total. The summed E-state index contributed by atoms with van der Waals surface area (Å²) < 4.78 is 7.56. The molecular formula is C23H29N5O4. The van der Waals surface area contributed by atoms with Crippen LogP contribution in [0.5, 0.6) is 5.75 Å². The summed E-state index contributed by atoms with van der Waals surface area (Å²) in [6, 6.07) is 7.09. The SMILES string of the molecule is O=C(NCCCn1ccnc1)[C@@H]1CC(=O)N(c2ccc(OCC(=O)N3CCCC3)cc2)C1. The minimum absolute atomic E-state index is 0.000164. The smallest absolute Gasteiger partial charge is 0.260 e. The van der Waals surface area contributed by atoms with Crippen molar-refractivity contribution >= 4 is 23.4 Å². The van der Waals surface area contributed by atoms with Gasteiger partial charge < -0.3 is 24.4 Å². The molecule has 32 heavy (non-hydrogen) atoms. The normalized spacial score (nSPS) is 18.2. The van der Waals surface area contributed by atoms with Crippen LogP contribution < -0.4 is 15.0 Å². The Morgan fingerprint density at radius 3 is 2.66 bits per heavy atom. The number of imidazole rings is 1. The van der Waals surface area contributed by atoms with Gasteiger partial charge in [-0.3, -0.25) is 14.4 Å². The highest BCUT2D eigenvalue weighted by atomic mass is 16.5. The highest BCUT2D eigenvalue weighted by Crippen LogP contribution is 2.27. The van der Waals surface area contributed by atoms with Gasteiger partial charge in [-0.05, 0) is 43.5 Å². The van der Waals surface area contributed by atoms with E-state index >= 15 is 0 Å². The molecule has 1 atom stereocenters. The van der Waals surface area contributed by atoms with Crippen molar-refractivity contribution in [2.45, 2.75) is 32.2 Å². The van der Waals surface area contributed by atoms with Crippen LogP contribution in [0.25, 0.3) is 0 Å². The molecule has 2 fully saturated rings. The van der Waals surface area contributed by atoms with Crippen molar-refractivity contribution in [3.63, 3.8) is 0 Å². The Morgan fingerprint density at radius 2 is 1.94 bits per heavy atom. The average molecular weight is 440 g/mol. The minimum Gasteiger partial charge on any atom is -0.484 e. The van der Waals surface area contributed by atoms with Gasteiger partial charge in [0.05, 0.1) is 12.2 Å². The van der Waals surface area contributed by atoms with Crippen molar-refractivity contribution in [2.75, 3.05) is 37.7 Å². The molecule has 0 spiro atoms. The largest absolute Gasteiger partial charge is 0.484 e. The summed E-state index contributed by atoms with van der Waals surface area (Å²) in [7, 11) is 0. The Morgan fingerprint density at radius 1 is 1.16 bits per heavy atom. The fraction of sp³-hybridized carbons (Fsp3) is 0.478. The van der Waals surface area contributed by atoms with Crippen molar-refractivity contribution in [1.29, 1.82) is 0 Å². The minimum atomic E-state index is -0.357. The van der Waals surface area contributed by atoms with Gasteiger partial charge in [0.15, 0.2) is 6.61 Å². The van der Waals surface area contributed by atoms with Gasteiger partial charge in [-0.15, -0.1) is 0 Å². The topological polar surface area (TPSA) is 96.8 Å². The van der Waals surface area contributed by atoms with Crippen molar-refractivity contribution in [3.8, 4) is 5.75 Å². The number of carbonyl (C=O) groups excluding carboxylic acids is 3. The molecule has 4 rings (SSSR count). The molecule has 2 aliphatic rings. The number of rotatable bonds is 9. The lowest BCUT2D eigenvalue weighted by atomic mass is 10.1. The Kier molecular flexibility index (Phi) is 7.03. The first-order valence-electron chi connectivity index (χ1n) is 11.1. The highest BCUT2D eigenvalue weighted by Gasteiger charge is 2.35. The van der Waals surface area contributed by atoms with Crippen LogP contribution in [0.4, 0.5) is 5.69 Å². The van der Waals surface area contributed by atoms with Gasteiger partial charge in [0, 0.05) is 57.2 Å². The van der Waals surface area contributed by atoms with Gasteiger partial charge in [0.1, 0.15) is 5.75 Å². The van der Waals surface area contributed by atoms with Crippen LogP contribution in [-0.2, 0) is 20.9 Å². The van der Waals surface area contributed by atoms with Crippen molar-refractivity contribution in [1.82, 2.24) is 19.8 Å². The van der Waals surface area contributed by atoms with E-state index in [0.717, 1.165) is 44.6 Å². The number of ether oxygens (including phenoxy) is 1. The second-order valence-electron chi connectivity index (χ2n) is 8.22. The third-order valence-electron chi connectivity index (χ3n) is 5.92. The number of anilines is 1. The molecular weight excluding hydrogens is 410 g/mol. The number of carbonyl (C=O) groups is 3. The summed E-state index contributed by atoms with van der Waals surface area (Å²) in [5, 5.41) is 2.93. The van der Waals surface area contributed by atoms with E-state index < -0.39 is 0 Å². The second kappa shape index (κ2) is 10.3. The summed E-state index contributed by atoms with van der Waals surface area (Å²) in [5.41, 5.74) is 0.726. The zero-order valence-corrected chi connectivity index (χ0v) is 18.1. The highest BCUT2D eigenvalue weighted by molar-refractivity contribution is 6.00. The standard InChI is InChI=1S/C23H29N5O4/c29-21-14-18(23(31)25-8-3-10-26-13-9-24-17-26)15-28(21)19-4-6-20(7-5-19)32-16-22(30)27-11-1-2-12-27/h4-7,9,13,17-18H,1-3,8,10-12,14-16H2,(H,25,31)/t18-/m1/s1. The van der Waals surface area contributed by atoms with Gasteiger partial charge in [0.25, 0.3) is 5.91 Å². The van der Waals surface area contributed by atoms with E-state index in [1.54, 1.807) is 41.7 Å². The van der Waals surface area contributed by atoms with Gasteiger partial charge >= 0.3 is 0 Å². The summed E-state index contributed by atoms with van der Waals surface area (Å²) in [5.74, 6) is 0.0679. The van der Waals surface area contributed by atoms with E-state index in [2.05, 4.69) is 10.3 Å². The lowest BCUT2D eigenvalue weighted by Crippen LogP contribution is -2.33. The zero-order chi connectivity index (χ0) is 22.3. The molecule has 1 aromatic carbocycles. The molecule has 3 heterocycles.